The van der Waals surface area contributed by atoms with Crippen molar-refractivity contribution in [3.63, 3.8) is 0 Å². The Morgan fingerprint density at radius 1 is 0.929 bits per heavy atom. The molecule has 28 heavy (non-hydrogen) atoms. The number of benzene rings is 1. The van der Waals surface area contributed by atoms with Crippen LogP contribution in [0.15, 0.2) is 40.2 Å². The number of hydrogen-bond acceptors (Lipinski definition) is 3. The van der Waals surface area contributed by atoms with Crippen LogP contribution in [0.5, 0.6) is 0 Å². The maximum atomic E-state index is 12.5. The fourth-order valence-electron chi connectivity index (χ4n) is 3.46. The van der Waals surface area contributed by atoms with Crippen molar-refractivity contribution in [3.8, 4) is 11.8 Å². The summed E-state index contributed by atoms with van der Waals surface area (Å²) in [5.74, 6) is 0. The Labute approximate surface area is 165 Å². The van der Waals surface area contributed by atoms with E-state index in [2.05, 4.69) is 48.6 Å². The number of rotatable bonds is 3. The van der Waals surface area contributed by atoms with Crippen LogP contribution in [0.1, 0.15) is 44.9 Å². The Bertz CT molecular complexity index is 1200. The highest BCUT2D eigenvalue weighted by Gasteiger charge is 2.12. The lowest BCUT2D eigenvalue weighted by Gasteiger charge is -2.11. The average Bonchev–Trinajstić information content (AvgIpc) is 2.91. The summed E-state index contributed by atoms with van der Waals surface area (Å²) in [6.45, 7) is 11.9. The lowest BCUT2D eigenvalue weighted by atomic mass is 10.1. The Kier molecular flexibility index (Phi) is 5.06. The molecule has 0 atom stereocenters. The number of hydrogen-bond donors (Lipinski definition) is 0. The number of pyridine rings is 1. The molecule has 5 nitrogen and oxygen atoms in total. The lowest BCUT2D eigenvalue weighted by molar-refractivity contribution is 0.786. The Morgan fingerprint density at radius 3 is 2.29 bits per heavy atom. The summed E-state index contributed by atoms with van der Waals surface area (Å²) in [4.78, 5) is 12.5. The van der Waals surface area contributed by atoms with Gasteiger partial charge in [0, 0.05) is 28.3 Å². The molecule has 5 heteroatoms. The molecule has 0 aliphatic carbocycles. The van der Waals surface area contributed by atoms with Gasteiger partial charge in [-0.3, -0.25) is 4.79 Å². The summed E-state index contributed by atoms with van der Waals surface area (Å²) in [5.41, 5.74) is 7.78. The van der Waals surface area contributed by atoms with Gasteiger partial charge in [0.15, 0.2) is 0 Å². The number of aromatic nitrogens is 2. The van der Waals surface area contributed by atoms with Gasteiger partial charge >= 0.3 is 0 Å². The van der Waals surface area contributed by atoms with Gasteiger partial charge in [0.05, 0.1) is 6.21 Å². The molecule has 2 heterocycles. The minimum Gasteiger partial charge on any atom is -0.318 e. The molecule has 3 aromatic rings. The molecule has 3 rings (SSSR count). The normalized spacial score (nSPS) is 11.2. The average molecular weight is 372 g/mol. The van der Waals surface area contributed by atoms with Crippen molar-refractivity contribution in [1.29, 1.82) is 5.26 Å². The molecule has 0 saturated heterocycles. The minimum absolute atomic E-state index is 0.128. The molecule has 0 aliphatic heterocycles. The van der Waals surface area contributed by atoms with Crippen molar-refractivity contribution in [2.45, 2.75) is 41.5 Å². The third kappa shape index (κ3) is 3.29. The van der Waals surface area contributed by atoms with E-state index in [1.165, 1.54) is 15.8 Å². The zero-order valence-electron chi connectivity index (χ0n) is 17.2. The van der Waals surface area contributed by atoms with Crippen LogP contribution in [0.3, 0.4) is 0 Å². The molecule has 0 N–H and O–H groups in total. The van der Waals surface area contributed by atoms with Crippen LogP contribution < -0.4 is 5.56 Å². The van der Waals surface area contributed by atoms with Crippen molar-refractivity contribution < 1.29 is 0 Å². The van der Waals surface area contributed by atoms with Gasteiger partial charge in [-0.15, -0.1) is 0 Å². The molecule has 142 valence electrons. The van der Waals surface area contributed by atoms with Crippen LogP contribution in [-0.2, 0) is 0 Å². The van der Waals surface area contributed by atoms with Crippen molar-refractivity contribution >= 4 is 6.21 Å². The molecular formula is C23H24N4O. The maximum absolute atomic E-state index is 12.5. The summed E-state index contributed by atoms with van der Waals surface area (Å²) in [5, 5.41) is 13.6. The Morgan fingerprint density at radius 2 is 1.64 bits per heavy atom. The van der Waals surface area contributed by atoms with E-state index < -0.39 is 0 Å². The van der Waals surface area contributed by atoms with Crippen LogP contribution in [0.4, 0.5) is 0 Å². The second kappa shape index (κ2) is 7.32. The molecule has 2 aromatic heterocycles. The maximum Gasteiger partial charge on any atom is 0.289 e. The van der Waals surface area contributed by atoms with Crippen LogP contribution in [0.2, 0.25) is 0 Å². The van der Waals surface area contributed by atoms with Crippen LogP contribution in [-0.4, -0.2) is 15.5 Å². The number of nitriles is 1. The van der Waals surface area contributed by atoms with Gasteiger partial charge in [-0.25, -0.2) is 4.68 Å². The Balaban J connectivity index is 2.07. The fraction of sp³-hybridized carbons (Fsp3) is 0.261. The highest BCUT2D eigenvalue weighted by Crippen LogP contribution is 2.22. The smallest absolute Gasteiger partial charge is 0.289 e. The van der Waals surface area contributed by atoms with E-state index >= 15 is 0 Å². The third-order valence-electron chi connectivity index (χ3n) is 5.20. The number of aryl methyl sites for hydroxylation is 5. The summed E-state index contributed by atoms with van der Waals surface area (Å²) in [6.07, 6.45) is 1.69. The summed E-state index contributed by atoms with van der Waals surface area (Å²) >= 11 is 0. The third-order valence-corrected chi connectivity index (χ3v) is 5.20. The quantitative estimate of drug-likeness (QED) is 0.646. The van der Waals surface area contributed by atoms with Crippen molar-refractivity contribution in [1.82, 2.24) is 9.24 Å². The predicted molar refractivity (Wildman–Crippen MR) is 113 cm³/mol. The van der Waals surface area contributed by atoms with Crippen molar-refractivity contribution in [3.05, 3.63) is 85.6 Å². The minimum atomic E-state index is -0.390. The van der Waals surface area contributed by atoms with E-state index in [4.69, 9.17) is 0 Å². The molecule has 1 aromatic carbocycles. The van der Waals surface area contributed by atoms with Crippen LogP contribution in [0.25, 0.3) is 5.69 Å². The van der Waals surface area contributed by atoms with Gasteiger partial charge in [0.25, 0.3) is 5.56 Å². The molecule has 0 amide bonds. The van der Waals surface area contributed by atoms with Crippen LogP contribution in [0, 0.1) is 52.9 Å². The SMILES string of the molecule is Cc1ccc(-n2c(C)cc(/C=N/n3c(C)cc(C)c(C#N)c3=O)c2C)cc1C. The van der Waals surface area contributed by atoms with Gasteiger partial charge in [0.1, 0.15) is 11.6 Å². The standard InChI is InChI=1S/C23H24N4O/c1-14-7-8-21(10-15(14)2)26-17(4)11-20(19(26)6)13-25-27-18(5)9-16(3)22(12-24)23(27)28/h7-11,13H,1-6H3/b25-13+. The highest BCUT2D eigenvalue weighted by molar-refractivity contribution is 5.82. The van der Waals surface area contributed by atoms with E-state index in [0.717, 1.165) is 22.6 Å². The van der Waals surface area contributed by atoms with Crippen molar-refractivity contribution in [2.75, 3.05) is 0 Å². The molecule has 0 spiro atoms. The molecule has 0 radical (unpaired) electrons. The highest BCUT2D eigenvalue weighted by atomic mass is 16.1. The van der Waals surface area contributed by atoms with E-state index in [9.17, 15) is 10.1 Å². The number of nitrogens with zero attached hydrogens (tertiary/aromatic N) is 4. The largest absolute Gasteiger partial charge is 0.318 e. The molecule has 0 saturated carbocycles. The molecular weight excluding hydrogens is 348 g/mol. The summed E-state index contributed by atoms with van der Waals surface area (Å²) < 4.78 is 3.47. The first-order valence-electron chi connectivity index (χ1n) is 9.19. The predicted octanol–water partition coefficient (Wildman–Crippen LogP) is 4.24. The molecule has 0 unspecified atom stereocenters. The second-order valence-electron chi connectivity index (χ2n) is 7.25. The fourth-order valence-corrected chi connectivity index (χ4v) is 3.46. The van der Waals surface area contributed by atoms with Crippen molar-refractivity contribution in [2.24, 2.45) is 5.10 Å². The first-order chi connectivity index (χ1) is 13.2. The lowest BCUT2D eigenvalue weighted by Crippen LogP contribution is -2.22. The topological polar surface area (TPSA) is 63.1 Å². The first-order valence-corrected chi connectivity index (χ1v) is 9.19. The monoisotopic (exact) mass is 372 g/mol. The van der Waals surface area contributed by atoms with E-state index in [1.54, 1.807) is 19.2 Å². The van der Waals surface area contributed by atoms with E-state index in [-0.39, 0.29) is 11.1 Å². The van der Waals surface area contributed by atoms with E-state index in [1.807, 2.05) is 26.0 Å². The molecule has 0 bridgehead atoms. The van der Waals surface area contributed by atoms with Gasteiger partial charge in [-0.1, -0.05) is 6.07 Å². The second-order valence-corrected chi connectivity index (χ2v) is 7.25. The zero-order valence-corrected chi connectivity index (χ0v) is 17.2. The van der Waals surface area contributed by atoms with Gasteiger partial charge < -0.3 is 4.57 Å². The van der Waals surface area contributed by atoms with E-state index in [0.29, 0.717) is 11.3 Å². The summed E-state index contributed by atoms with van der Waals surface area (Å²) in [7, 11) is 0. The van der Waals surface area contributed by atoms with Crippen LogP contribution >= 0.6 is 0 Å². The van der Waals surface area contributed by atoms with Gasteiger partial charge in [-0.05, 0) is 82.5 Å². The molecule has 0 fully saturated rings. The first kappa shape index (κ1) is 19.4. The summed E-state index contributed by atoms with van der Waals surface area (Å²) in [6, 6.07) is 12.2. The van der Waals surface area contributed by atoms with Gasteiger partial charge in [-0.2, -0.15) is 10.4 Å². The molecule has 0 aliphatic rings. The van der Waals surface area contributed by atoms with Gasteiger partial charge in [0.2, 0.25) is 0 Å². The Hall–Kier alpha value is -3.39. The zero-order chi connectivity index (χ0) is 20.6.